The maximum Gasteiger partial charge on any atom is 0.253 e. The van der Waals surface area contributed by atoms with E-state index in [2.05, 4.69) is 29.0 Å². The lowest BCUT2D eigenvalue weighted by Crippen LogP contribution is -2.43. The number of aromatic nitrogens is 1. The van der Waals surface area contributed by atoms with Gasteiger partial charge in [0.25, 0.3) is 5.91 Å². The third-order valence-corrected chi connectivity index (χ3v) is 3.74. The van der Waals surface area contributed by atoms with Crippen molar-refractivity contribution in [3.63, 3.8) is 0 Å². The van der Waals surface area contributed by atoms with E-state index in [4.69, 9.17) is 0 Å². The normalized spacial score (nSPS) is 13.1. The molecule has 0 bridgehead atoms. The van der Waals surface area contributed by atoms with E-state index < -0.39 is 0 Å². The number of likely N-dealkylation sites (N-methyl/N-ethyl adjacent to an activating group) is 1. The van der Waals surface area contributed by atoms with Crippen LogP contribution >= 0.6 is 0 Å². The summed E-state index contributed by atoms with van der Waals surface area (Å²) >= 11 is 0. The van der Waals surface area contributed by atoms with Gasteiger partial charge in [0.1, 0.15) is 0 Å². The number of benzene rings is 1. The minimum absolute atomic E-state index is 0.0226. The molecule has 0 saturated carbocycles. The molecule has 2 rings (SSSR count). The smallest absolute Gasteiger partial charge is 0.253 e. The van der Waals surface area contributed by atoms with Gasteiger partial charge >= 0.3 is 0 Å². The number of hydrogen-bond donors (Lipinski definition) is 2. The first-order chi connectivity index (χ1) is 9.50. The standard InChI is InChI=1S/C16H23N3O/c1-11(2)14(19(3)4)10-18-16(20)13-7-5-6-12-8-9-17-15(12)13/h5-9,11,14,17H,10H2,1-4H3,(H,18,20). The third kappa shape index (κ3) is 3.02. The Balaban J connectivity index is 2.10. The second-order valence-electron chi connectivity index (χ2n) is 5.73. The van der Waals surface area contributed by atoms with Crippen LogP contribution in [0.3, 0.4) is 0 Å². The Morgan fingerprint density at radius 2 is 2.05 bits per heavy atom. The molecular formula is C16H23N3O. The number of nitrogens with one attached hydrogen (secondary N) is 2. The first kappa shape index (κ1) is 14.6. The lowest BCUT2D eigenvalue weighted by molar-refractivity contribution is 0.0936. The van der Waals surface area contributed by atoms with Crippen LogP contribution in [0.1, 0.15) is 24.2 Å². The monoisotopic (exact) mass is 273 g/mol. The van der Waals surface area contributed by atoms with Gasteiger partial charge in [-0.25, -0.2) is 0 Å². The van der Waals surface area contributed by atoms with Crippen LogP contribution in [0, 0.1) is 5.92 Å². The van der Waals surface area contributed by atoms with Gasteiger partial charge in [-0.3, -0.25) is 4.79 Å². The van der Waals surface area contributed by atoms with E-state index in [9.17, 15) is 4.79 Å². The molecule has 1 unspecified atom stereocenters. The van der Waals surface area contributed by atoms with Gasteiger partial charge in [0.05, 0.1) is 11.1 Å². The van der Waals surface area contributed by atoms with E-state index in [-0.39, 0.29) is 5.91 Å². The summed E-state index contributed by atoms with van der Waals surface area (Å²) in [5, 5.41) is 4.10. The molecular weight excluding hydrogens is 250 g/mol. The highest BCUT2D eigenvalue weighted by molar-refractivity contribution is 6.05. The van der Waals surface area contributed by atoms with Crippen LogP contribution < -0.4 is 5.32 Å². The van der Waals surface area contributed by atoms with Gasteiger partial charge in [-0.2, -0.15) is 0 Å². The molecule has 108 valence electrons. The van der Waals surface area contributed by atoms with Gasteiger partial charge in [0, 0.05) is 24.2 Å². The average molecular weight is 273 g/mol. The van der Waals surface area contributed by atoms with Crippen LogP contribution in [0.4, 0.5) is 0 Å². The lowest BCUT2D eigenvalue weighted by atomic mass is 10.0. The Labute approximate surface area is 120 Å². The number of nitrogens with zero attached hydrogens (tertiary/aromatic N) is 1. The van der Waals surface area contributed by atoms with Crippen molar-refractivity contribution in [2.75, 3.05) is 20.6 Å². The maximum atomic E-state index is 12.4. The number of amides is 1. The minimum Gasteiger partial charge on any atom is -0.361 e. The molecule has 1 amide bonds. The number of hydrogen-bond acceptors (Lipinski definition) is 2. The van der Waals surface area contributed by atoms with Gasteiger partial charge in [0.2, 0.25) is 0 Å². The first-order valence-electron chi connectivity index (χ1n) is 7.01. The highest BCUT2D eigenvalue weighted by atomic mass is 16.1. The summed E-state index contributed by atoms with van der Waals surface area (Å²) in [4.78, 5) is 17.6. The van der Waals surface area contributed by atoms with Crippen molar-refractivity contribution in [3.05, 3.63) is 36.0 Å². The largest absolute Gasteiger partial charge is 0.361 e. The molecule has 0 spiro atoms. The summed E-state index contributed by atoms with van der Waals surface area (Å²) in [6.45, 7) is 4.99. The molecule has 1 heterocycles. The molecule has 0 aliphatic heterocycles. The van der Waals surface area contributed by atoms with E-state index in [1.54, 1.807) is 0 Å². The van der Waals surface area contributed by atoms with Gasteiger partial charge in [0.15, 0.2) is 0 Å². The van der Waals surface area contributed by atoms with Crippen molar-refractivity contribution in [2.45, 2.75) is 19.9 Å². The second-order valence-corrected chi connectivity index (χ2v) is 5.73. The van der Waals surface area contributed by atoms with Crippen molar-refractivity contribution in [3.8, 4) is 0 Å². The van der Waals surface area contributed by atoms with E-state index in [0.717, 1.165) is 10.9 Å². The second kappa shape index (κ2) is 6.09. The van der Waals surface area contributed by atoms with Gasteiger partial charge in [-0.1, -0.05) is 26.0 Å². The van der Waals surface area contributed by atoms with Crippen molar-refractivity contribution >= 4 is 16.8 Å². The molecule has 2 aromatic rings. The van der Waals surface area contributed by atoms with Crippen LogP contribution in [-0.2, 0) is 0 Å². The molecule has 0 radical (unpaired) electrons. The molecule has 1 aromatic carbocycles. The quantitative estimate of drug-likeness (QED) is 0.879. The number of fused-ring (bicyclic) bond motifs is 1. The highest BCUT2D eigenvalue weighted by Gasteiger charge is 2.18. The number of para-hydroxylation sites is 1. The Bertz CT molecular complexity index is 578. The maximum absolute atomic E-state index is 12.4. The number of carbonyl (C=O) groups is 1. The zero-order valence-electron chi connectivity index (χ0n) is 12.6. The lowest BCUT2D eigenvalue weighted by Gasteiger charge is -2.28. The Hall–Kier alpha value is -1.81. The summed E-state index contributed by atoms with van der Waals surface area (Å²) in [5.74, 6) is 0.470. The molecule has 1 aromatic heterocycles. The van der Waals surface area contributed by atoms with Crippen molar-refractivity contribution in [1.82, 2.24) is 15.2 Å². The van der Waals surface area contributed by atoms with Gasteiger partial charge in [-0.05, 0) is 32.1 Å². The van der Waals surface area contributed by atoms with Crippen LogP contribution in [0.2, 0.25) is 0 Å². The van der Waals surface area contributed by atoms with E-state index in [1.807, 2.05) is 44.6 Å². The van der Waals surface area contributed by atoms with Crippen molar-refractivity contribution in [1.29, 1.82) is 0 Å². The molecule has 0 aliphatic rings. The van der Waals surface area contributed by atoms with Gasteiger partial charge in [-0.15, -0.1) is 0 Å². The topological polar surface area (TPSA) is 48.1 Å². The molecule has 4 nitrogen and oxygen atoms in total. The predicted octanol–water partition coefficient (Wildman–Crippen LogP) is 2.48. The number of aromatic amines is 1. The van der Waals surface area contributed by atoms with Gasteiger partial charge < -0.3 is 15.2 Å². The van der Waals surface area contributed by atoms with E-state index >= 15 is 0 Å². The van der Waals surface area contributed by atoms with Crippen LogP contribution in [0.15, 0.2) is 30.5 Å². The summed E-state index contributed by atoms with van der Waals surface area (Å²) in [7, 11) is 4.09. The predicted molar refractivity (Wildman–Crippen MR) is 82.9 cm³/mol. The molecule has 4 heteroatoms. The van der Waals surface area contributed by atoms with Crippen LogP contribution in [0.5, 0.6) is 0 Å². The summed E-state index contributed by atoms with van der Waals surface area (Å²) in [6, 6.07) is 8.08. The zero-order valence-corrected chi connectivity index (χ0v) is 12.6. The van der Waals surface area contributed by atoms with E-state index in [0.29, 0.717) is 24.1 Å². The van der Waals surface area contributed by atoms with Crippen molar-refractivity contribution < 1.29 is 4.79 Å². The molecule has 1 atom stereocenters. The fourth-order valence-electron chi connectivity index (χ4n) is 2.58. The third-order valence-electron chi connectivity index (χ3n) is 3.74. The first-order valence-corrected chi connectivity index (χ1v) is 7.01. The fourth-order valence-corrected chi connectivity index (χ4v) is 2.58. The Morgan fingerprint density at radius 3 is 2.70 bits per heavy atom. The number of rotatable bonds is 5. The number of carbonyl (C=O) groups excluding carboxylic acids is 1. The SMILES string of the molecule is CC(C)C(CNC(=O)c1cccc2cc[nH]c12)N(C)C. The van der Waals surface area contributed by atoms with Crippen LogP contribution in [0.25, 0.3) is 10.9 Å². The molecule has 0 fully saturated rings. The Kier molecular flexibility index (Phi) is 4.45. The molecule has 0 saturated heterocycles. The fraction of sp³-hybridized carbons (Fsp3) is 0.438. The van der Waals surface area contributed by atoms with E-state index in [1.165, 1.54) is 0 Å². The minimum atomic E-state index is -0.0226. The van der Waals surface area contributed by atoms with Crippen LogP contribution in [-0.4, -0.2) is 42.5 Å². The molecule has 20 heavy (non-hydrogen) atoms. The number of H-pyrrole nitrogens is 1. The zero-order chi connectivity index (χ0) is 14.7. The Morgan fingerprint density at radius 1 is 1.30 bits per heavy atom. The molecule has 2 N–H and O–H groups in total. The summed E-state index contributed by atoms with van der Waals surface area (Å²) in [6.07, 6.45) is 1.86. The molecule has 0 aliphatic carbocycles. The summed E-state index contributed by atoms with van der Waals surface area (Å²) in [5.41, 5.74) is 1.60. The van der Waals surface area contributed by atoms with Crippen molar-refractivity contribution in [2.24, 2.45) is 5.92 Å². The average Bonchev–Trinajstić information content (AvgIpc) is 2.85. The summed E-state index contributed by atoms with van der Waals surface area (Å²) < 4.78 is 0. The highest BCUT2D eigenvalue weighted by Crippen LogP contribution is 2.17.